The SMILES string of the molecule is CCCCS(=O)(=O)c1c([N+](=O)[O-])sc2c1CCCC2. The number of sulfone groups is 1. The fraction of sp³-hybridized carbons (Fsp3) is 0.667. The minimum atomic E-state index is -3.53. The summed E-state index contributed by atoms with van der Waals surface area (Å²) < 4.78 is 24.7. The lowest BCUT2D eigenvalue weighted by atomic mass is 9.99. The molecule has 1 aliphatic rings. The Kier molecular flexibility index (Phi) is 4.25. The molecule has 1 aromatic rings. The van der Waals surface area contributed by atoms with Gasteiger partial charge in [0.25, 0.3) is 0 Å². The van der Waals surface area contributed by atoms with Crippen molar-refractivity contribution in [3.8, 4) is 0 Å². The zero-order valence-electron chi connectivity index (χ0n) is 10.8. The Hall–Kier alpha value is -0.950. The summed E-state index contributed by atoms with van der Waals surface area (Å²) >= 11 is 1.05. The van der Waals surface area contributed by atoms with Crippen molar-refractivity contribution in [3.05, 3.63) is 20.6 Å². The van der Waals surface area contributed by atoms with E-state index in [4.69, 9.17) is 0 Å². The quantitative estimate of drug-likeness (QED) is 0.618. The summed E-state index contributed by atoms with van der Waals surface area (Å²) in [6.07, 6.45) is 4.63. The molecule has 106 valence electrons. The monoisotopic (exact) mass is 303 g/mol. The summed E-state index contributed by atoms with van der Waals surface area (Å²) in [7, 11) is -3.53. The molecule has 7 heteroatoms. The molecule has 1 heterocycles. The molecule has 5 nitrogen and oxygen atoms in total. The summed E-state index contributed by atoms with van der Waals surface area (Å²) in [5.74, 6) is 0.00745. The number of aryl methyl sites for hydroxylation is 1. The molecule has 0 atom stereocenters. The van der Waals surface area contributed by atoms with Gasteiger partial charge >= 0.3 is 5.00 Å². The van der Waals surface area contributed by atoms with Crippen LogP contribution in [0.5, 0.6) is 0 Å². The lowest BCUT2D eigenvalue weighted by Crippen LogP contribution is -2.11. The number of rotatable bonds is 5. The van der Waals surface area contributed by atoms with Crippen LogP contribution in [0.1, 0.15) is 43.0 Å². The fourth-order valence-electron chi connectivity index (χ4n) is 2.40. The first-order valence-electron chi connectivity index (χ1n) is 6.49. The summed E-state index contributed by atoms with van der Waals surface area (Å²) in [5.41, 5.74) is 0.721. The van der Waals surface area contributed by atoms with E-state index in [0.717, 1.165) is 47.5 Å². The van der Waals surface area contributed by atoms with Gasteiger partial charge in [0.05, 0.1) is 10.7 Å². The van der Waals surface area contributed by atoms with Crippen molar-refractivity contribution in [3.63, 3.8) is 0 Å². The molecule has 2 rings (SSSR count). The summed E-state index contributed by atoms with van der Waals surface area (Å²) in [6.45, 7) is 1.91. The van der Waals surface area contributed by atoms with Crippen molar-refractivity contribution in [2.24, 2.45) is 0 Å². The van der Waals surface area contributed by atoms with E-state index in [9.17, 15) is 18.5 Å². The fourth-order valence-corrected chi connectivity index (χ4v) is 5.88. The first-order chi connectivity index (χ1) is 8.97. The molecule has 0 aliphatic heterocycles. The van der Waals surface area contributed by atoms with E-state index in [1.54, 1.807) is 0 Å². The van der Waals surface area contributed by atoms with Crippen molar-refractivity contribution in [2.45, 2.75) is 50.3 Å². The van der Waals surface area contributed by atoms with Gasteiger partial charge < -0.3 is 0 Å². The van der Waals surface area contributed by atoms with Gasteiger partial charge in [0.2, 0.25) is 0 Å². The van der Waals surface area contributed by atoms with E-state index in [1.165, 1.54) is 0 Å². The smallest absolute Gasteiger partial charge is 0.258 e. The third kappa shape index (κ3) is 2.81. The molecule has 0 spiro atoms. The molecule has 0 radical (unpaired) electrons. The van der Waals surface area contributed by atoms with E-state index in [2.05, 4.69) is 0 Å². The minimum Gasteiger partial charge on any atom is -0.258 e. The van der Waals surface area contributed by atoms with Crippen molar-refractivity contribution in [2.75, 3.05) is 5.75 Å². The van der Waals surface area contributed by atoms with E-state index in [0.29, 0.717) is 12.8 Å². The normalized spacial score (nSPS) is 15.2. The molecule has 0 bridgehead atoms. The highest BCUT2D eigenvalue weighted by Gasteiger charge is 2.35. The molecule has 0 amide bonds. The number of fused-ring (bicyclic) bond motifs is 1. The van der Waals surface area contributed by atoms with Crippen LogP contribution in [0.25, 0.3) is 0 Å². The number of hydrogen-bond donors (Lipinski definition) is 0. The van der Waals surface area contributed by atoms with Crippen LogP contribution in [0.4, 0.5) is 5.00 Å². The molecular formula is C12H17NO4S2. The highest BCUT2D eigenvalue weighted by Crippen LogP contribution is 2.42. The number of thiophene rings is 1. The Morgan fingerprint density at radius 1 is 1.32 bits per heavy atom. The summed E-state index contributed by atoms with van der Waals surface area (Å²) in [6, 6.07) is 0. The molecule has 0 aromatic carbocycles. The maximum absolute atomic E-state index is 12.4. The molecule has 0 saturated heterocycles. The van der Waals surface area contributed by atoms with Crippen molar-refractivity contribution in [1.29, 1.82) is 0 Å². The number of nitro groups is 1. The van der Waals surface area contributed by atoms with Crippen LogP contribution >= 0.6 is 11.3 Å². The van der Waals surface area contributed by atoms with E-state index in [1.807, 2.05) is 6.92 Å². The van der Waals surface area contributed by atoms with Gasteiger partial charge in [-0.3, -0.25) is 10.1 Å². The lowest BCUT2D eigenvalue weighted by molar-refractivity contribution is -0.383. The number of unbranched alkanes of at least 4 members (excludes halogenated alkanes) is 1. The third-order valence-electron chi connectivity index (χ3n) is 3.35. The Balaban J connectivity index is 2.54. The van der Waals surface area contributed by atoms with Crippen LogP contribution in [0.15, 0.2) is 4.90 Å². The zero-order valence-corrected chi connectivity index (χ0v) is 12.5. The van der Waals surface area contributed by atoms with Crippen LogP contribution < -0.4 is 0 Å². The van der Waals surface area contributed by atoms with E-state index < -0.39 is 14.8 Å². The standard InChI is InChI=1S/C12H17NO4S2/c1-2-3-8-19(16,17)11-9-6-4-5-7-10(9)18-12(11)13(14)15/h2-8H2,1H3. The summed E-state index contributed by atoms with van der Waals surface area (Å²) in [5, 5.41) is 10.9. The van der Waals surface area contributed by atoms with Gasteiger partial charge in [-0.15, -0.1) is 0 Å². The van der Waals surface area contributed by atoms with E-state index >= 15 is 0 Å². The van der Waals surface area contributed by atoms with Gasteiger partial charge in [-0.2, -0.15) is 0 Å². The Morgan fingerprint density at radius 3 is 2.63 bits per heavy atom. The third-order valence-corrected chi connectivity index (χ3v) is 6.61. The molecule has 0 N–H and O–H groups in total. The topological polar surface area (TPSA) is 77.3 Å². The highest BCUT2D eigenvalue weighted by atomic mass is 32.2. The van der Waals surface area contributed by atoms with Gasteiger partial charge in [0, 0.05) is 4.88 Å². The molecule has 19 heavy (non-hydrogen) atoms. The second kappa shape index (κ2) is 5.58. The van der Waals surface area contributed by atoms with Gasteiger partial charge in [0.15, 0.2) is 14.7 Å². The first kappa shape index (κ1) is 14.5. The number of nitrogens with zero attached hydrogens (tertiary/aromatic N) is 1. The van der Waals surface area contributed by atoms with Crippen molar-refractivity contribution >= 4 is 26.2 Å². The van der Waals surface area contributed by atoms with Gasteiger partial charge in [-0.25, -0.2) is 8.42 Å². The van der Waals surface area contributed by atoms with Crippen molar-refractivity contribution < 1.29 is 13.3 Å². The highest BCUT2D eigenvalue weighted by molar-refractivity contribution is 7.91. The van der Waals surface area contributed by atoms with Crippen LogP contribution in [-0.2, 0) is 22.7 Å². The van der Waals surface area contributed by atoms with Gasteiger partial charge in [-0.05, 0) is 37.7 Å². The first-order valence-corrected chi connectivity index (χ1v) is 8.96. The minimum absolute atomic E-state index is 0.00745. The predicted molar refractivity (Wildman–Crippen MR) is 74.6 cm³/mol. The van der Waals surface area contributed by atoms with Crippen LogP contribution in [-0.4, -0.2) is 19.1 Å². The molecule has 1 aromatic heterocycles. The van der Waals surface area contributed by atoms with Crippen LogP contribution in [0.3, 0.4) is 0 Å². The Bertz CT molecular complexity index is 589. The molecular weight excluding hydrogens is 286 g/mol. The molecule has 0 unspecified atom stereocenters. The Morgan fingerprint density at radius 2 is 2.00 bits per heavy atom. The number of hydrogen-bond acceptors (Lipinski definition) is 5. The lowest BCUT2D eigenvalue weighted by Gasteiger charge is -2.11. The molecule has 0 fully saturated rings. The average molecular weight is 303 g/mol. The van der Waals surface area contributed by atoms with E-state index in [-0.39, 0.29) is 15.6 Å². The zero-order chi connectivity index (χ0) is 14.0. The van der Waals surface area contributed by atoms with Crippen LogP contribution in [0, 0.1) is 10.1 Å². The maximum atomic E-state index is 12.4. The maximum Gasteiger partial charge on any atom is 0.343 e. The summed E-state index contributed by atoms with van der Waals surface area (Å²) in [4.78, 5) is 11.5. The van der Waals surface area contributed by atoms with Crippen molar-refractivity contribution in [1.82, 2.24) is 0 Å². The average Bonchev–Trinajstić information content (AvgIpc) is 2.76. The second-order valence-corrected chi connectivity index (χ2v) is 7.90. The van der Waals surface area contributed by atoms with Crippen LogP contribution in [0.2, 0.25) is 0 Å². The Labute approximate surface area is 116 Å². The second-order valence-electron chi connectivity index (χ2n) is 4.77. The molecule has 0 saturated carbocycles. The van der Waals surface area contributed by atoms with Gasteiger partial charge in [-0.1, -0.05) is 24.7 Å². The molecule has 1 aliphatic carbocycles. The largest absolute Gasteiger partial charge is 0.343 e. The predicted octanol–water partition coefficient (Wildman–Crippen LogP) is 3.11. The van der Waals surface area contributed by atoms with Gasteiger partial charge in [0.1, 0.15) is 0 Å².